The minimum atomic E-state index is -4.11. The van der Waals surface area contributed by atoms with Crippen molar-refractivity contribution in [3.05, 3.63) is 0 Å². The molecule has 2 unspecified atom stereocenters. The minimum absolute atomic E-state index is 0.0966. The summed E-state index contributed by atoms with van der Waals surface area (Å²) in [5.74, 6) is 0. The van der Waals surface area contributed by atoms with Gasteiger partial charge < -0.3 is 5.32 Å². The zero-order valence-corrected chi connectivity index (χ0v) is 10.6. The average molecular weight is 240 g/mol. The number of hydrogen-bond acceptors (Lipinski definition) is 2. The molecule has 0 aromatic carbocycles. The topological polar surface area (TPSA) is 15.3 Å². The van der Waals surface area contributed by atoms with Crippen LogP contribution in [0.2, 0.25) is 0 Å². The van der Waals surface area contributed by atoms with Gasteiger partial charge in [0.1, 0.15) is 0 Å². The molecule has 98 valence electrons. The largest absolute Gasteiger partial charge is 0.401 e. The van der Waals surface area contributed by atoms with Crippen LogP contribution in [-0.2, 0) is 0 Å². The molecule has 0 bridgehead atoms. The number of alkyl halides is 3. The molecule has 0 aliphatic carbocycles. The van der Waals surface area contributed by atoms with E-state index in [4.69, 9.17) is 0 Å². The maximum Gasteiger partial charge on any atom is 0.401 e. The molecule has 0 saturated carbocycles. The first kappa shape index (κ1) is 15.7. The normalized spacial score (nSPS) is 16.5. The van der Waals surface area contributed by atoms with Gasteiger partial charge in [-0.1, -0.05) is 13.8 Å². The molecule has 1 N–H and O–H groups in total. The summed E-state index contributed by atoms with van der Waals surface area (Å²) in [6.07, 6.45) is -3.13. The molecule has 0 saturated heterocycles. The highest BCUT2D eigenvalue weighted by Gasteiger charge is 2.31. The van der Waals surface area contributed by atoms with Crippen LogP contribution in [0, 0.1) is 0 Å². The Morgan fingerprint density at radius 1 is 1.19 bits per heavy atom. The third-order valence-corrected chi connectivity index (χ3v) is 2.79. The summed E-state index contributed by atoms with van der Waals surface area (Å²) in [5.41, 5.74) is 0. The molecule has 0 aliphatic rings. The molecule has 0 aromatic heterocycles. The van der Waals surface area contributed by atoms with Crippen molar-refractivity contribution in [1.29, 1.82) is 0 Å². The molecule has 0 fully saturated rings. The van der Waals surface area contributed by atoms with Gasteiger partial charge in [-0.15, -0.1) is 0 Å². The fourth-order valence-corrected chi connectivity index (χ4v) is 1.45. The van der Waals surface area contributed by atoms with Crippen LogP contribution in [0.1, 0.15) is 34.1 Å². The minimum Gasteiger partial charge on any atom is -0.313 e. The highest BCUT2D eigenvalue weighted by Crippen LogP contribution is 2.17. The van der Waals surface area contributed by atoms with Crippen molar-refractivity contribution in [3.63, 3.8) is 0 Å². The Morgan fingerprint density at radius 3 is 2.12 bits per heavy atom. The first-order valence-corrected chi connectivity index (χ1v) is 5.84. The van der Waals surface area contributed by atoms with Gasteiger partial charge in [-0.3, -0.25) is 4.90 Å². The van der Waals surface area contributed by atoms with Crippen LogP contribution in [-0.4, -0.2) is 42.8 Å². The fraction of sp³-hybridized carbons (Fsp3) is 1.00. The second-order valence-corrected chi connectivity index (χ2v) is 4.24. The van der Waals surface area contributed by atoms with Gasteiger partial charge in [0.2, 0.25) is 0 Å². The summed E-state index contributed by atoms with van der Waals surface area (Å²) in [4.78, 5) is 1.44. The third kappa shape index (κ3) is 7.06. The lowest BCUT2D eigenvalue weighted by atomic mass is 10.2. The van der Waals surface area contributed by atoms with Gasteiger partial charge in [0.25, 0.3) is 0 Å². The Morgan fingerprint density at radius 2 is 1.75 bits per heavy atom. The zero-order valence-electron chi connectivity index (χ0n) is 10.6. The Labute approximate surface area is 96.2 Å². The van der Waals surface area contributed by atoms with Crippen LogP contribution < -0.4 is 5.32 Å². The van der Waals surface area contributed by atoms with Crippen LogP contribution in [0.5, 0.6) is 0 Å². The second kappa shape index (κ2) is 7.12. The zero-order chi connectivity index (χ0) is 12.8. The summed E-state index contributed by atoms with van der Waals surface area (Å²) in [6.45, 7) is 7.85. The van der Waals surface area contributed by atoms with Gasteiger partial charge in [-0.05, 0) is 26.8 Å². The van der Waals surface area contributed by atoms with Crippen molar-refractivity contribution >= 4 is 0 Å². The van der Waals surface area contributed by atoms with Crippen molar-refractivity contribution in [2.45, 2.75) is 52.4 Å². The Bertz CT molecular complexity index is 183. The third-order valence-electron chi connectivity index (χ3n) is 2.79. The number of nitrogens with zero attached hydrogens (tertiary/aromatic N) is 1. The smallest absolute Gasteiger partial charge is 0.313 e. The molecular weight excluding hydrogens is 217 g/mol. The first-order chi connectivity index (χ1) is 7.30. The average Bonchev–Trinajstić information content (AvgIpc) is 2.20. The monoisotopic (exact) mass is 240 g/mol. The van der Waals surface area contributed by atoms with Gasteiger partial charge in [-0.2, -0.15) is 13.2 Å². The maximum atomic E-state index is 12.3. The van der Waals surface area contributed by atoms with E-state index < -0.39 is 12.7 Å². The van der Waals surface area contributed by atoms with Crippen LogP contribution in [0.3, 0.4) is 0 Å². The summed E-state index contributed by atoms with van der Waals surface area (Å²) >= 11 is 0. The standard InChI is InChI=1S/C11H23F3N2/c1-5-9(3)15-7-10(4)16(6-2)8-11(12,13)14/h9-10,15H,5-8H2,1-4H3. The molecule has 16 heavy (non-hydrogen) atoms. The van der Waals surface area contributed by atoms with Crippen molar-refractivity contribution in [2.24, 2.45) is 0 Å². The van der Waals surface area contributed by atoms with Gasteiger partial charge in [0.05, 0.1) is 6.54 Å². The van der Waals surface area contributed by atoms with E-state index in [2.05, 4.69) is 12.2 Å². The van der Waals surface area contributed by atoms with Gasteiger partial charge in [0.15, 0.2) is 0 Å². The number of halogens is 3. The lowest BCUT2D eigenvalue weighted by Gasteiger charge is -2.29. The second-order valence-electron chi connectivity index (χ2n) is 4.24. The van der Waals surface area contributed by atoms with E-state index in [1.165, 1.54) is 4.90 Å². The summed E-state index contributed by atoms with van der Waals surface area (Å²) in [5, 5.41) is 3.22. The predicted octanol–water partition coefficient (Wildman–Crippen LogP) is 2.65. The van der Waals surface area contributed by atoms with Crippen molar-refractivity contribution in [2.75, 3.05) is 19.6 Å². The van der Waals surface area contributed by atoms with E-state index in [-0.39, 0.29) is 6.04 Å². The van der Waals surface area contributed by atoms with Crippen LogP contribution in [0.25, 0.3) is 0 Å². The highest BCUT2D eigenvalue weighted by molar-refractivity contribution is 4.73. The van der Waals surface area contributed by atoms with Gasteiger partial charge in [-0.25, -0.2) is 0 Å². The first-order valence-electron chi connectivity index (χ1n) is 5.84. The number of likely N-dealkylation sites (N-methyl/N-ethyl adjacent to an activating group) is 1. The Balaban J connectivity index is 4.05. The van der Waals surface area contributed by atoms with E-state index in [1.54, 1.807) is 6.92 Å². The lowest BCUT2D eigenvalue weighted by molar-refractivity contribution is -0.149. The lowest BCUT2D eigenvalue weighted by Crippen LogP contribution is -2.46. The van der Waals surface area contributed by atoms with Crippen molar-refractivity contribution < 1.29 is 13.2 Å². The van der Waals surface area contributed by atoms with Crippen molar-refractivity contribution in [3.8, 4) is 0 Å². The van der Waals surface area contributed by atoms with Crippen molar-refractivity contribution in [1.82, 2.24) is 10.2 Å². The van der Waals surface area contributed by atoms with E-state index in [0.717, 1.165) is 6.42 Å². The van der Waals surface area contributed by atoms with E-state index in [1.807, 2.05) is 13.8 Å². The molecule has 0 aliphatic heterocycles. The van der Waals surface area contributed by atoms with E-state index in [0.29, 0.717) is 19.1 Å². The molecule has 2 nitrogen and oxygen atoms in total. The quantitative estimate of drug-likeness (QED) is 0.736. The van der Waals surface area contributed by atoms with Crippen LogP contribution >= 0.6 is 0 Å². The van der Waals surface area contributed by atoms with Gasteiger partial charge in [0, 0.05) is 18.6 Å². The highest BCUT2D eigenvalue weighted by atomic mass is 19.4. The molecular formula is C11H23F3N2. The molecule has 0 spiro atoms. The molecule has 0 heterocycles. The predicted molar refractivity (Wildman–Crippen MR) is 60.5 cm³/mol. The Kier molecular flexibility index (Phi) is 6.99. The number of hydrogen-bond donors (Lipinski definition) is 1. The molecule has 0 radical (unpaired) electrons. The summed E-state index contributed by atoms with van der Waals surface area (Å²) < 4.78 is 36.8. The SMILES string of the molecule is CCC(C)NCC(C)N(CC)CC(F)(F)F. The number of nitrogens with one attached hydrogen (secondary N) is 1. The molecule has 0 amide bonds. The van der Waals surface area contributed by atoms with E-state index >= 15 is 0 Å². The summed E-state index contributed by atoms with van der Waals surface area (Å²) in [6, 6.07) is 0.257. The summed E-state index contributed by atoms with van der Waals surface area (Å²) in [7, 11) is 0. The fourth-order valence-electron chi connectivity index (χ4n) is 1.45. The van der Waals surface area contributed by atoms with Crippen LogP contribution in [0.4, 0.5) is 13.2 Å². The van der Waals surface area contributed by atoms with E-state index in [9.17, 15) is 13.2 Å². The molecule has 2 atom stereocenters. The molecule has 0 rings (SSSR count). The Hall–Kier alpha value is -0.290. The molecule has 5 heteroatoms. The van der Waals surface area contributed by atoms with Crippen LogP contribution in [0.15, 0.2) is 0 Å². The molecule has 0 aromatic rings. The number of rotatable bonds is 7. The van der Waals surface area contributed by atoms with Gasteiger partial charge >= 0.3 is 6.18 Å². The maximum absolute atomic E-state index is 12.3.